The van der Waals surface area contributed by atoms with E-state index in [1.54, 1.807) is 20.8 Å². The number of ether oxygens (including phenoxy) is 6. The van der Waals surface area contributed by atoms with Gasteiger partial charge in [-0.2, -0.15) is 0 Å². The van der Waals surface area contributed by atoms with Gasteiger partial charge in [-0.25, -0.2) is 4.79 Å². The molecule has 1 saturated heterocycles. The number of imide groups is 2. The number of nitrogens with one attached hydrogen (secondary N) is 2. The number of carbonyl (C=O) groups is 6. The first kappa shape index (κ1) is 34.6. The third-order valence-corrected chi connectivity index (χ3v) is 6.11. The molecule has 2 aliphatic heterocycles. The molecule has 0 bridgehead atoms. The first-order valence-corrected chi connectivity index (χ1v) is 14.2. The van der Waals surface area contributed by atoms with E-state index in [-0.39, 0.29) is 62.7 Å². The van der Waals surface area contributed by atoms with Gasteiger partial charge in [0, 0.05) is 13.0 Å². The van der Waals surface area contributed by atoms with Crippen molar-refractivity contribution in [1.29, 1.82) is 0 Å². The fourth-order valence-electron chi connectivity index (χ4n) is 4.19. The molecule has 0 aromatic heterocycles. The number of esters is 1. The molecular formula is C29H39N3O12. The highest BCUT2D eigenvalue weighted by atomic mass is 16.6. The van der Waals surface area contributed by atoms with Crippen LogP contribution in [0.4, 0.5) is 0 Å². The molecule has 3 rings (SSSR count). The van der Waals surface area contributed by atoms with Crippen molar-refractivity contribution in [2.24, 2.45) is 0 Å². The molecule has 1 unspecified atom stereocenters. The van der Waals surface area contributed by atoms with Gasteiger partial charge in [0.2, 0.25) is 11.8 Å². The van der Waals surface area contributed by atoms with E-state index in [2.05, 4.69) is 10.6 Å². The molecule has 1 aromatic rings. The number of hydrogen-bond donors (Lipinski definition) is 2. The highest BCUT2D eigenvalue weighted by Crippen LogP contribution is 2.30. The molecule has 2 N–H and O–H groups in total. The lowest BCUT2D eigenvalue weighted by Crippen LogP contribution is -2.54. The molecule has 242 valence electrons. The average molecular weight is 622 g/mol. The van der Waals surface area contributed by atoms with Crippen LogP contribution < -0.4 is 15.4 Å². The maximum atomic E-state index is 12.9. The Balaban J connectivity index is 1.20. The van der Waals surface area contributed by atoms with Gasteiger partial charge in [-0.05, 0) is 45.4 Å². The third-order valence-electron chi connectivity index (χ3n) is 6.11. The van der Waals surface area contributed by atoms with E-state index in [0.29, 0.717) is 33.0 Å². The van der Waals surface area contributed by atoms with E-state index in [1.807, 2.05) is 0 Å². The molecule has 44 heavy (non-hydrogen) atoms. The van der Waals surface area contributed by atoms with Crippen molar-refractivity contribution in [2.75, 3.05) is 66.0 Å². The summed E-state index contributed by atoms with van der Waals surface area (Å²) < 4.78 is 31.9. The number of rotatable bonds is 18. The van der Waals surface area contributed by atoms with Crippen LogP contribution in [0.15, 0.2) is 18.2 Å². The van der Waals surface area contributed by atoms with Gasteiger partial charge in [-0.15, -0.1) is 0 Å². The Bertz CT molecular complexity index is 1210. The maximum absolute atomic E-state index is 12.9. The van der Waals surface area contributed by atoms with Gasteiger partial charge in [0.25, 0.3) is 17.7 Å². The topological polar surface area (TPSA) is 185 Å². The van der Waals surface area contributed by atoms with E-state index in [1.165, 1.54) is 18.2 Å². The van der Waals surface area contributed by atoms with Crippen LogP contribution in [0.3, 0.4) is 0 Å². The van der Waals surface area contributed by atoms with Crippen LogP contribution in [0.5, 0.6) is 5.75 Å². The maximum Gasteiger partial charge on any atom is 0.332 e. The zero-order valence-electron chi connectivity index (χ0n) is 25.1. The predicted octanol–water partition coefficient (Wildman–Crippen LogP) is -0.00910. The van der Waals surface area contributed by atoms with E-state index in [4.69, 9.17) is 28.4 Å². The van der Waals surface area contributed by atoms with Crippen LogP contribution in [0.25, 0.3) is 0 Å². The van der Waals surface area contributed by atoms with Crippen molar-refractivity contribution in [2.45, 2.75) is 45.3 Å². The van der Waals surface area contributed by atoms with Crippen LogP contribution in [-0.2, 0) is 42.9 Å². The first-order valence-electron chi connectivity index (χ1n) is 14.2. The highest BCUT2D eigenvalue weighted by molar-refractivity contribution is 6.23. The van der Waals surface area contributed by atoms with Crippen molar-refractivity contribution < 1.29 is 57.2 Å². The summed E-state index contributed by atoms with van der Waals surface area (Å²) >= 11 is 0. The Morgan fingerprint density at radius 3 is 2.11 bits per heavy atom. The standard InChI is InChI=1S/C29H39N3O12/c1-29(2,3)44-25(35)18-42-15-14-41-13-12-40-11-10-39-9-8-30-24(34)17-43-19-4-5-20-21(16-19)28(38)32(27(20)37)22-6-7-23(33)31-26(22)36/h4-5,16,22H,6-15,17-18H2,1-3H3,(H,30,34)(H,31,33,36). The Morgan fingerprint density at radius 1 is 0.864 bits per heavy atom. The second-order valence-electron chi connectivity index (χ2n) is 10.8. The molecule has 0 radical (unpaired) electrons. The summed E-state index contributed by atoms with van der Waals surface area (Å²) in [4.78, 5) is 73.7. The SMILES string of the molecule is CC(C)(C)OC(=O)COCCOCCOCCOCCNC(=O)COc1ccc2c(c1)C(=O)N(C1CCC(=O)NC1=O)C2=O. The van der Waals surface area contributed by atoms with E-state index < -0.39 is 47.1 Å². The van der Waals surface area contributed by atoms with Crippen LogP contribution >= 0.6 is 0 Å². The minimum Gasteiger partial charge on any atom is -0.484 e. The Kier molecular flexibility index (Phi) is 13.2. The fourth-order valence-corrected chi connectivity index (χ4v) is 4.19. The van der Waals surface area contributed by atoms with Crippen molar-refractivity contribution in [1.82, 2.24) is 15.5 Å². The van der Waals surface area contributed by atoms with Crippen LogP contribution in [0.2, 0.25) is 0 Å². The monoisotopic (exact) mass is 621 g/mol. The summed E-state index contributed by atoms with van der Waals surface area (Å²) in [6, 6.07) is 3.15. The van der Waals surface area contributed by atoms with Crippen molar-refractivity contribution in [3.63, 3.8) is 0 Å². The molecule has 1 fully saturated rings. The second-order valence-corrected chi connectivity index (χ2v) is 10.8. The summed E-state index contributed by atoms with van der Waals surface area (Å²) in [6.07, 6.45) is 0.0858. The predicted molar refractivity (Wildman–Crippen MR) is 151 cm³/mol. The van der Waals surface area contributed by atoms with Crippen LogP contribution in [0.1, 0.15) is 54.3 Å². The molecular weight excluding hydrogens is 582 g/mol. The van der Waals surface area contributed by atoms with Gasteiger partial charge in [-0.3, -0.25) is 34.2 Å². The largest absolute Gasteiger partial charge is 0.484 e. The Morgan fingerprint density at radius 2 is 1.48 bits per heavy atom. The molecule has 5 amide bonds. The van der Waals surface area contributed by atoms with Gasteiger partial charge >= 0.3 is 5.97 Å². The van der Waals surface area contributed by atoms with Gasteiger partial charge in [0.1, 0.15) is 24.0 Å². The van der Waals surface area contributed by atoms with Crippen molar-refractivity contribution in [3.8, 4) is 5.75 Å². The molecule has 1 aromatic carbocycles. The molecule has 15 heteroatoms. The van der Waals surface area contributed by atoms with Crippen LogP contribution in [0, 0.1) is 0 Å². The lowest BCUT2D eigenvalue weighted by Gasteiger charge is -2.27. The number of carbonyl (C=O) groups excluding carboxylic acids is 6. The Labute approximate surface area is 254 Å². The minimum absolute atomic E-state index is 0.0277. The smallest absolute Gasteiger partial charge is 0.332 e. The zero-order valence-corrected chi connectivity index (χ0v) is 25.1. The molecule has 15 nitrogen and oxygen atoms in total. The summed E-state index contributed by atoms with van der Waals surface area (Å²) in [5.74, 6) is -3.06. The summed E-state index contributed by atoms with van der Waals surface area (Å²) in [7, 11) is 0. The summed E-state index contributed by atoms with van der Waals surface area (Å²) in [5.41, 5.74) is -0.370. The molecule has 0 saturated carbocycles. The third kappa shape index (κ3) is 11.0. The number of benzene rings is 1. The fraction of sp³-hybridized carbons (Fsp3) is 0.586. The minimum atomic E-state index is -1.06. The van der Waals surface area contributed by atoms with Crippen molar-refractivity contribution >= 4 is 35.5 Å². The lowest BCUT2D eigenvalue weighted by atomic mass is 10.0. The van der Waals surface area contributed by atoms with Gasteiger partial charge in [0.15, 0.2) is 6.61 Å². The normalized spacial score (nSPS) is 16.5. The number of nitrogens with zero attached hydrogens (tertiary/aromatic N) is 1. The number of amides is 5. The molecule has 0 spiro atoms. The summed E-state index contributed by atoms with van der Waals surface area (Å²) in [5, 5.41) is 4.78. The summed E-state index contributed by atoms with van der Waals surface area (Å²) in [6.45, 7) is 7.37. The van der Waals surface area contributed by atoms with Gasteiger partial charge < -0.3 is 33.7 Å². The van der Waals surface area contributed by atoms with Gasteiger partial charge in [-0.1, -0.05) is 0 Å². The molecule has 2 aliphatic rings. The van der Waals surface area contributed by atoms with E-state index in [9.17, 15) is 28.8 Å². The number of piperidine rings is 1. The zero-order chi connectivity index (χ0) is 32.1. The highest BCUT2D eigenvalue weighted by Gasteiger charge is 2.44. The molecule has 2 heterocycles. The molecule has 1 atom stereocenters. The van der Waals surface area contributed by atoms with E-state index in [0.717, 1.165) is 4.90 Å². The number of fused-ring (bicyclic) bond motifs is 1. The van der Waals surface area contributed by atoms with E-state index >= 15 is 0 Å². The second kappa shape index (κ2) is 16.8. The van der Waals surface area contributed by atoms with Crippen LogP contribution in [-0.4, -0.2) is 118 Å². The lowest BCUT2D eigenvalue weighted by molar-refractivity contribution is -0.160. The number of hydrogen-bond acceptors (Lipinski definition) is 12. The van der Waals surface area contributed by atoms with Crippen molar-refractivity contribution in [3.05, 3.63) is 29.3 Å². The quantitative estimate of drug-likeness (QED) is 0.127. The first-order chi connectivity index (χ1) is 21.0. The Hall–Kier alpha value is -3.92. The molecule has 0 aliphatic carbocycles. The van der Waals surface area contributed by atoms with Gasteiger partial charge in [0.05, 0.1) is 57.4 Å². The average Bonchev–Trinajstić information content (AvgIpc) is 3.20.